The number of piperidine rings is 1. The van der Waals surface area contributed by atoms with Crippen LogP contribution in [0.3, 0.4) is 0 Å². The third-order valence-corrected chi connectivity index (χ3v) is 5.85. The molecular weight excluding hydrogens is 331 g/mol. The van der Waals surface area contributed by atoms with Crippen LogP contribution in [-0.4, -0.2) is 36.2 Å². The van der Waals surface area contributed by atoms with E-state index >= 15 is 0 Å². The van der Waals surface area contributed by atoms with E-state index < -0.39 is 11.7 Å². The zero-order valence-electron chi connectivity index (χ0n) is 13.8. The summed E-state index contributed by atoms with van der Waals surface area (Å²) in [7, 11) is 0. The van der Waals surface area contributed by atoms with Crippen molar-refractivity contribution in [3.05, 3.63) is 34.1 Å². The van der Waals surface area contributed by atoms with E-state index in [0.717, 1.165) is 25.9 Å². The van der Waals surface area contributed by atoms with Crippen molar-refractivity contribution in [2.75, 3.05) is 13.1 Å². The minimum atomic E-state index is -0.596. The zero-order chi connectivity index (χ0) is 17.3. The van der Waals surface area contributed by atoms with Crippen molar-refractivity contribution in [3.8, 4) is 0 Å². The van der Waals surface area contributed by atoms with Gasteiger partial charge in [-0.15, -0.1) is 0 Å². The molecule has 1 aromatic rings. The van der Waals surface area contributed by atoms with Crippen LogP contribution in [0.4, 0.5) is 4.39 Å². The van der Waals surface area contributed by atoms with Gasteiger partial charge in [-0.1, -0.05) is 17.7 Å². The second-order valence-corrected chi connectivity index (χ2v) is 7.40. The fraction of sp³-hybridized carbons (Fsp3) is 0.611. The molecular formula is C18H24ClFN2O2. The van der Waals surface area contributed by atoms with Gasteiger partial charge >= 0.3 is 0 Å². The van der Waals surface area contributed by atoms with E-state index in [9.17, 15) is 14.3 Å². The Balaban J connectivity index is 1.79. The smallest absolute Gasteiger partial charge is 0.256 e. The number of hydrogen-bond donors (Lipinski definition) is 3. The Labute approximate surface area is 146 Å². The molecule has 1 saturated carbocycles. The van der Waals surface area contributed by atoms with E-state index in [-0.39, 0.29) is 28.6 Å². The Bertz CT molecular complexity index is 613. The summed E-state index contributed by atoms with van der Waals surface area (Å²) >= 11 is 6.16. The van der Waals surface area contributed by atoms with Gasteiger partial charge in [0.15, 0.2) is 0 Å². The largest absolute Gasteiger partial charge is 0.393 e. The first kappa shape index (κ1) is 17.6. The first-order valence-corrected chi connectivity index (χ1v) is 8.99. The number of aliphatic hydroxyl groups is 1. The van der Waals surface area contributed by atoms with Crippen LogP contribution in [0.25, 0.3) is 0 Å². The number of carbonyl (C=O) groups excluding carboxylic acids is 1. The normalized spacial score (nSPS) is 25.8. The van der Waals surface area contributed by atoms with Gasteiger partial charge in [0.1, 0.15) is 5.82 Å². The molecule has 1 atom stereocenters. The number of halogens is 2. The fourth-order valence-electron chi connectivity index (χ4n) is 3.84. The van der Waals surface area contributed by atoms with Crippen molar-refractivity contribution in [3.63, 3.8) is 0 Å². The predicted octanol–water partition coefficient (Wildman–Crippen LogP) is 2.66. The van der Waals surface area contributed by atoms with E-state index in [1.54, 1.807) is 13.0 Å². The Morgan fingerprint density at radius 2 is 2.00 bits per heavy atom. The molecule has 1 aromatic carbocycles. The molecule has 4 nitrogen and oxygen atoms in total. The standard InChI is InChI=1S/C18H24ClFN2O2/c1-10-2-3-14(20)15(16(10)19)18(24)22-17(12-8-13(23)9-12)11-4-6-21-7-5-11/h2-3,11-13,17,21,23H,4-9H2,1H3,(H,22,24)/t12?,13?,17-/m0/s1. The summed E-state index contributed by atoms with van der Waals surface area (Å²) in [5.74, 6) is -0.454. The summed E-state index contributed by atoms with van der Waals surface area (Å²) in [4.78, 5) is 12.7. The molecule has 1 saturated heterocycles. The van der Waals surface area contributed by atoms with Crippen LogP contribution in [-0.2, 0) is 0 Å². The highest BCUT2D eigenvalue weighted by Crippen LogP contribution is 2.36. The lowest BCUT2D eigenvalue weighted by Gasteiger charge is -2.43. The summed E-state index contributed by atoms with van der Waals surface area (Å²) in [6, 6.07) is 2.81. The van der Waals surface area contributed by atoms with Crippen LogP contribution in [0, 0.1) is 24.6 Å². The molecule has 24 heavy (non-hydrogen) atoms. The van der Waals surface area contributed by atoms with Crippen molar-refractivity contribution in [1.29, 1.82) is 0 Å². The first-order chi connectivity index (χ1) is 11.5. The lowest BCUT2D eigenvalue weighted by atomic mass is 9.71. The Kier molecular flexibility index (Phi) is 5.42. The third-order valence-electron chi connectivity index (χ3n) is 5.36. The minimum absolute atomic E-state index is 0.0426. The van der Waals surface area contributed by atoms with Gasteiger partial charge in [-0.05, 0) is 69.2 Å². The van der Waals surface area contributed by atoms with Gasteiger partial charge in [-0.3, -0.25) is 4.79 Å². The maximum absolute atomic E-state index is 14.1. The minimum Gasteiger partial charge on any atom is -0.393 e. The van der Waals surface area contributed by atoms with E-state index in [1.807, 2.05) is 0 Å². The molecule has 3 N–H and O–H groups in total. The van der Waals surface area contributed by atoms with Crippen molar-refractivity contribution in [2.24, 2.45) is 11.8 Å². The molecule has 2 fully saturated rings. The molecule has 0 bridgehead atoms. The van der Waals surface area contributed by atoms with Crippen LogP contribution >= 0.6 is 11.6 Å². The van der Waals surface area contributed by atoms with Crippen molar-refractivity contribution in [2.45, 2.75) is 44.8 Å². The van der Waals surface area contributed by atoms with Crippen LogP contribution in [0.15, 0.2) is 12.1 Å². The number of aliphatic hydroxyl groups excluding tert-OH is 1. The lowest BCUT2D eigenvalue weighted by Crippen LogP contribution is -2.53. The number of rotatable bonds is 4. The lowest BCUT2D eigenvalue weighted by molar-refractivity contribution is 0.00914. The molecule has 1 aliphatic carbocycles. The van der Waals surface area contributed by atoms with E-state index in [1.165, 1.54) is 6.07 Å². The number of amides is 1. The van der Waals surface area contributed by atoms with Crippen LogP contribution in [0.5, 0.6) is 0 Å². The number of benzene rings is 1. The Morgan fingerprint density at radius 3 is 2.62 bits per heavy atom. The highest BCUT2D eigenvalue weighted by Gasteiger charge is 2.39. The summed E-state index contributed by atoms with van der Waals surface area (Å²) in [6.07, 6.45) is 3.05. The topological polar surface area (TPSA) is 61.4 Å². The second-order valence-electron chi connectivity index (χ2n) is 7.03. The molecule has 6 heteroatoms. The number of aryl methyl sites for hydroxylation is 1. The molecule has 3 rings (SSSR count). The third kappa shape index (κ3) is 3.58. The Morgan fingerprint density at radius 1 is 1.33 bits per heavy atom. The second kappa shape index (κ2) is 7.38. The van der Waals surface area contributed by atoms with Crippen molar-refractivity contribution < 1.29 is 14.3 Å². The molecule has 0 radical (unpaired) electrons. The van der Waals surface area contributed by atoms with Gasteiger partial charge < -0.3 is 15.7 Å². The molecule has 0 aromatic heterocycles. The summed E-state index contributed by atoms with van der Waals surface area (Å²) < 4.78 is 14.1. The molecule has 1 heterocycles. The van der Waals surface area contributed by atoms with Gasteiger partial charge in [0.2, 0.25) is 0 Å². The Hall–Kier alpha value is -1.17. The molecule has 2 aliphatic rings. The van der Waals surface area contributed by atoms with Crippen molar-refractivity contribution in [1.82, 2.24) is 10.6 Å². The first-order valence-electron chi connectivity index (χ1n) is 8.61. The van der Waals surface area contributed by atoms with Crippen LogP contribution < -0.4 is 10.6 Å². The zero-order valence-corrected chi connectivity index (χ0v) is 14.6. The van der Waals surface area contributed by atoms with Gasteiger partial charge in [0, 0.05) is 6.04 Å². The number of nitrogens with one attached hydrogen (secondary N) is 2. The summed E-state index contributed by atoms with van der Waals surface area (Å²) in [5, 5.41) is 16.2. The van der Waals surface area contributed by atoms with E-state index in [2.05, 4.69) is 10.6 Å². The average molecular weight is 355 g/mol. The summed E-state index contributed by atoms with van der Waals surface area (Å²) in [6.45, 7) is 3.60. The van der Waals surface area contributed by atoms with Crippen molar-refractivity contribution >= 4 is 17.5 Å². The molecule has 0 spiro atoms. The maximum Gasteiger partial charge on any atom is 0.256 e. The van der Waals surface area contributed by atoms with E-state index in [4.69, 9.17) is 11.6 Å². The molecule has 132 valence electrons. The van der Waals surface area contributed by atoms with Gasteiger partial charge in [0.05, 0.1) is 16.7 Å². The van der Waals surface area contributed by atoms with E-state index in [0.29, 0.717) is 24.3 Å². The fourth-order valence-corrected chi connectivity index (χ4v) is 4.07. The van der Waals surface area contributed by atoms with Gasteiger partial charge in [-0.2, -0.15) is 0 Å². The van der Waals surface area contributed by atoms with Gasteiger partial charge in [0.25, 0.3) is 5.91 Å². The van der Waals surface area contributed by atoms with Crippen LogP contribution in [0.1, 0.15) is 41.6 Å². The van der Waals surface area contributed by atoms with Gasteiger partial charge in [-0.25, -0.2) is 4.39 Å². The molecule has 0 unspecified atom stereocenters. The predicted molar refractivity (Wildman–Crippen MR) is 91.7 cm³/mol. The monoisotopic (exact) mass is 354 g/mol. The maximum atomic E-state index is 14.1. The number of hydrogen-bond acceptors (Lipinski definition) is 3. The molecule has 1 aliphatic heterocycles. The average Bonchev–Trinajstić information content (AvgIpc) is 2.55. The SMILES string of the molecule is Cc1ccc(F)c(C(=O)N[C@@H](C2CCNCC2)C2CC(O)C2)c1Cl. The highest BCUT2D eigenvalue weighted by atomic mass is 35.5. The number of carbonyl (C=O) groups is 1. The summed E-state index contributed by atoms with van der Waals surface area (Å²) in [5.41, 5.74) is 0.608. The van der Waals surface area contributed by atoms with Crippen LogP contribution in [0.2, 0.25) is 5.02 Å². The quantitative estimate of drug-likeness (QED) is 0.779. The highest BCUT2D eigenvalue weighted by molar-refractivity contribution is 6.34. The molecule has 1 amide bonds.